The fourth-order valence-corrected chi connectivity index (χ4v) is 23.7. The Morgan fingerprint density at radius 3 is 1.45 bits per heavy atom. The maximum atomic E-state index is 6.82. The number of benzene rings is 12. The smallest absolute Gasteiger partial charge is 0.137 e. The number of para-hydroxylation sites is 1. The van der Waals surface area contributed by atoms with Crippen LogP contribution in [-0.2, 0) is 10.8 Å². The Labute approximate surface area is 540 Å². The molecule has 8 fully saturated rings. The third-order valence-corrected chi connectivity index (χ3v) is 26.5. The summed E-state index contributed by atoms with van der Waals surface area (Å²) < 4.78 is 9.44. The standard InChI is InChI=1S/C88H68N2OS/c1-3-17-65-55(14-1)16-11-26-77(65)89(78-27-12-22-72-67-19-5-8-24-75(67)87(85(72)78)59-38-51-36-52(40-59)41-60(87)39-51)64-32-34-71-74-47-56(30-35-83(74)92-84(71)50-64)58-46-57-15-2-4-18-66(57)80(48-58)90(63-31-33-70-69-21-7-10-29-81(69)91-82(70)49-63)79-28-13-23-73-68-20-6-9-25-76(68)88(86(73)79)61-42-53-37-54(44-61)45-62(88)43-53/h1-35,46-54,59-62H,36-45H2. The van der Waals surface area contributed by atoms with Gasteiger partial charge in [0.15, 0.2) is 0 Å². The molecule has 3 nitrogen and oxygen atoms in total. The van der Waals surface area contributed by atoms with Crippen molar-refractivity contribution < 1.29 is 4.42 Å². The number of hydrogen-bond acceptors (Lipinski definition) is 4. The molecule has 2 spiro atoms. The molecule has 2 heterocycles. The zero-order valence-corrected chi connectivity index (χ0v) is 52.3. The number of thiophene rings is 1. The summed E-state index contributed by atoms with van der Waals surface area (Å²) in [6, 6.07) is 94.2. The van der Waals surface area contributed by atoms with Gasteiger partial charge in [-0.15, -0.1) is 11.3 Å². The number of fused-ring (bicyclic) bond motifs is 14. The lowest BCUT2D eigenvalue weighted by Gasteiger charge is -2.61. The van der Waals surface area contributed by atoms with E-state index in [1.54, 1.807) is 22.3 Å². The Hall–Kier alpha value is -9.22. The van der Waals surface area contributed by atoms with E-state index in [1.165, 1.54) is 168 Å². The van der Waals surface area contributed by atoms with E-state index in [0.29, 0.717) is 23.7 Å². The number of nitrogens with zero attached hydrogens (tertiary/aromatic N) is 2. The van der Waals surface area contributed by atoms with Crippen LogP contribution in [0.15, 0.2) is 247 Å². The highest BCUT2D eigenvalue weighted by atomic mass is 32.1. The van der Waals surface area contributed by atoms with Gasteiger partial charge in [0.25, 0.3) is 0 Å². The van der Waals surface area contributed by atoms with Gasteiger partial charge in [-0.05, 0) is 251 Å². The molecule has 442 valence electrons. The van der Waals surface area contributed by atoms with Gasteiger partial charge in [0.2, 0.25) is 0 Å². The molecule has 10 aliphatic rings. The van der Waals surface area contributed by atoms with Gasteiger partial charge in [0, 0.05) is 70.0 Å². The van der Waals surface area contributed by atoms with Crippen LogP contribution in [0.2, 0.25) is 0 Å². The SMILES string of the molecule is c1ccc2c(c1)-c1cccc(N(c3ccc4c(c3)sc3ccc(-c5cc(N(c6ccc7c(c6)oc6ccccc67)c6cccc7c6C6(c8ccccc8-7)C7CC8CC(C7)CC6C8)c6ccccc6c5)cc34)c3cccc4ccccc34)c1C21C2CC3CC(C2)CC1C3. The van der Waals surface area contributed by atoms with Crippen molar-refractivity contribution in [1.82, 2.24) is 0 Å². The van der Waals surface area contributed by atoms with E-state index in [1.807, 2.05) is 11.3 Å². The van der Waals surface area contributed by atoms with Crippen molar-refractivity contribution >= 4 is 109 Å². The van der Waals surface area contributed by atoms with Crippen LogP contribution < -0.4 is 9.80 Å². The Kier molecular flexibility index (Phi) is 10.5. The van der Waals surface area contributed by atoms with Gasteiger partial charge in [0.1, 0.15) is 11.2 Å². The monoisotopic (exact) mass is 1200 g/mol. The highest BCUT2D eigenvalue weighted by Crippen LogP contribution is 2.73. The Balaban J connectivity index is 0.727. The first-order valence-corrected chi connectivity index (χ1v) is 35.3. The predicted octanol–water partition coefficient (Wildman–Crippen LogP) is 24.3. The van der Waals surface area contributed by atoms with Crippen LogP contribution in [0.1, 0.15) is 86.5 Å². The largest absolute Gasteiger partial charge is 0.456 e. The third-order valence-electron chi connectivity index (χ3n) is 25.3. The van der Waals surface area contributed by atoms with E-state index in [9.17, 15) is 0 Å². The van der Waals surface area contributed by atoms with E-state index in [4.69, 9.17) is 4.42 Å². The minimum absolute atomic E-state index is 0.00253. The second-order valence-electron chi connectivity index (χ2n) is 29.5. The van der Waals surface area contributed by atoms with E-state index in [-0.39, 0.29) is 10.8 Å². The molecular formula is C88H68N2OS. The Morgan fingerprint density at radius 1 is 0.304 bits per heavy atom. The van der Waals surface area contributed by atoms with Gasteiger partial charge in [-0.1, -0.05) is 164 Å². The fourth-order valence-electron chi connectivity index (χ4n) is 22.5. The van der Waals surface area contributed by atoms with Crippen molar-refractivity contribution in [3.05, 3.63) is 265 Å². The molecule has 92 heavy (non-hydrogen) atoms. The van der Waals surface area contributed by atoms with Gasteiger partial charge in [-0.25, -0.2) is 0 Å². The first-order valence-electron chi connectivity index (χ1n) is 34.5. The van der Waals surface area contributed by atoms with E-state index >= 15 is 0 Å². The van der Waals surface area contributed by atoms with Gasteiger partial charge in [0.05, 0.1) is 22.7 Å². The molecule has 0 saturated heterocycles. The lowest BCUT2D eigenvalue weighted by molar-refractivity contribution is -0.0397. The molecule has 0 aliphatic heterocycles. The summed E-state index contributed by atoms with van der Waals surface area (Å²) in [5.41, 5.74) is 23.7. The average molecular weight is 1200 g/mol. The van der Waals surface area contributed by atoms with E-state index in [0.717, 1.165) is 51.3 Å². The summed E-state index contributed by atoms with van der Waals surface area (Å²) in [7, 11) is 0. The van der Waals surface area contributed by atoms with Gasteiger partial charge < -0.3 is 14.2 Å². The molecule has 2 aromatic heterocycles. The van der Waals surface area contributed by atoms with E-state index in [2.05, 4.69) is 252 Å². The predicted molar refractivity (Wildman–Crippen MR) is 383 cm³/mol. The highest BCUT2D eigenvalue weighted by Gasteiger charge is 2.64. The second kappa shape index (κ2) is 18.7. The lowest BCUT2D eigenvalue weighted by Crippen LogP contribution is -2.55. The Morgan fingerprint density at radius 2 is 0.793 bits per heavy atom. The van der Waals surface area contributed by atoms with Crippen molar-refractivity contribution in [1.29, 1.82) is 0 Å². The number of rotatable bonds is 7. The van der Waals surface area contributed by atoms with Crippen molar-refractivity contribution in [3.63, 3.8) is 0 Å². The minimum Gasteiger partial charge on any atom is -0.456 e. The maximum absolute atomic E-state index is 6.82. The van der Waals surface area contributed by atoms with Crippen LogP contribution in [0.5, 0.6) is 0 Å². The van der Waals surface area contributed by atoms with Gasteiger partial charge in [-0.3, -0.25) is 0 Å². The van der Waals surface area contributed by atoms with Crippen LogP contribution in [0.4, 0.5) is 34.1 Å². The summed E-state index contributed by atoms with van der Waals surface area (Å²) in [6.07, 6.45) is 13.6. The molecule has 4 heteroatoms. The lowest BCUT2D eigenvalue weighted by atomic mass is 9.43. The molecular weight excluding hydrogens is 1130 g/mol. The summed E-state index contributed by atoms with van der Waals surface area (Å²) >= 11 is 1.94. The summed E-state index contributed by atoms with van der Waals surface area (Å²) in [5.74, 6) is 5.96. The number of furan rings is 1. The molecule has 0 atom stereocenters. The molecule has 0 amide bonds. The molecule has 10 aliphatic carbocycles. The quantitative estimate of drug-likeness (QED) is 0.159. The first kappa shape index (κ1) is 51.4. The van der Waals surface area contributed by atoms with Gasteiger partial charge in [-0.2, -0.15) is 0 Å². The normalized spacial score (nSPS) is 25.7. The zero-order chi connectivity index (χ0) is 59.7. The van der Waals surface area contributed by atoms with Crippen LogP contribution in [0, 0.1) is 47.3 Å². The van der Waals surface area contributed by atoms with Crippen molar-refractivity contribution in [2.45, 2.75) is 75.0 Å². The molecule has 0 unspecified atom stereocenters. The zero-order valence-electron chi connectivity index (χ0n) is 51.5. The van der Waals surface area contributed by atoms with Crippen molar-refractivity contribution in [3.8, 4) is 33.4 Å². The Bertz CT molecular complexity index is 5440. The molecule has 12 aromatic carbocycles. The second-order valence-corrected chi connectivity index (χ2v) is 30.6. The number of anilines is 6. The molecule has 0 N–H and O–H groups in total. The fraction of sp³-hybridized carbons (Fsp3) is 0.227. The molecule has 14 aromatic rings. The molecule has 0 radical (unpaired) electrons. The van der Waals surface area contributed by atoms with Crippen LogP contribution in [0.3, 0.4) is 0 Å². The average Bonchev–Trinajstić information content (AvgIpc) is 1.46. The van der Waals surface area contributed by atoms with Crippen molar-refractivity contribution in [2.24, 2.45) is 47.3 Å². The summed E-state index contributed by atoms with van der Waals surface area (Å²) in [4.78, 5) is 5.36. The molecule has 8 saturated carbocycles. The topological polar surface area (TPSA) is 19.6 Å². The summed E-state index contributed by atoms with van der Waals surface area (Å²) in [6.45, 7) is 0. The van der Waals surface area contributed by atoms with Crippen LogP contribution >= 0.6 is 11.3 Å². The summed E-state index contributed by atoms with van der Waals surface area (Å²) in [5, 5.41) is 9.93. The van der Waals surface area contributed by atoms with Crippen LogP contribution in [0.25, 0.3) is 97.0 Å². The maximum Gasteiger partial charge on any atom is 0.137 e. The number of hydrogen-bond donors (Lipinski definition) is 0. The molecule has 24 rings (SSSR count). The van der Waals surface area contributed by atoms with Crippen LogP contribution in [-0.4, -0.2) is 0 Å². The van der Waals surface area contributed by atoms with E-state index < -0.39 is 0 Å². The minimum atomic E-state index is -0.0498. The third kappa shape index (κ3) is 6.81. The first-order chi connectivity index (χ1) is 45.5. The highest BCUT2D eigenvalue weighted by molar-refractivity contribution is 7.25. The van der Waals surface area contributed by atoms with Crippen molar-refractivity contribution in [2.75, 3.05) is 9.80 Å². The van der Waals surface area contributed by atoms with Gasteiger partial charge >= 0.3 is 0 Å². The molecule has 8 bridgehead atoms.